The van der Waals surface area contributed by atoms with Gasteiger partial charge in [-0.2, -0.15) is 12.8 Å². The summed E-state index contributed by atoms with van der Waals surface area (Å²) < 4.78 is 26.5. The van der Waals surface area contributed by atoms with Crippen LogP contribution in [0.1, 0.15) is 5.56 Å². The molecule has 0 aliphatic carbocycles. The molecule has 0 amide bonds. The van der Waals surface area contributed by atoms with Crippen molar-refractivity contribution in [3.8, 4) is 0 Å². The molecular weight excluding hydrogens is 284 g/mol. The molecule has 2 rings (SSSR count). The van der Waals surface area contributed by atoms with Crippen molar-refractivity contribution in [1.82, 2.24) is 0 Å². The van der Waals surface area contributed by atoms with Gasteiger partial charge in [-0.3, -0.25) is 5.73 Å². The standard InChI is InChI=1S/C13H11ClN2O2S/c14-12-9-5-4-8-11(12)13(15)16-19(17,18)10-6-2-1-3-7-10/h1-9H,(H2,15,16)/p+1. The summed E-state index contributed by atoms with van der Waals surface area (Å²) >= 11 is 5.96. The van der Waals surface area contributed by atoms with E-state index in [1.165, 1.54) is 12.1 Å². The molecule has 0 saturated carbocycles. The Bertz CT molecular complexity index is 712. The fourth-order valence-electron chi connectivity index (χ4n) is 1.54. The van der Waals surface area contributed by atoms with Gasteiger partial charge >= 0.3 is 10.0 Å². The van der Waals surface area contributed by atoms with Crippen LogP contribution >= 0.6 is 11.6 Å². The first-order valence-corrected chi connectivity index (χ1v) is 7.32. The molecule has 0 bridgehead atoms. The van der Waals surface area contributed by atoms with Crippen molar-refractivity contribution >= 4 is 27.5 Å². The molecule has 3 N–H and O–H groups in total. The minimum Gasteiger partial charge on any atom is -0.286 e. The third-order valence-electron chi connectivity index (χ3n) is 2.46. The Kier molecular flexibility index (Phi) is 3.87. The first kappa shape index (κ1) is 13.6. The molecule has 0 radical (unpaired) electrons. The molecule has 0 aliphatic rings. The van der Waals surface area contributed by atoms with Gasteiger partial charge in [0.15, 0.2) is 0 Å². The van der Waals surface area contributed by atoms with Crippen molar-refractivity contribution < 1.29 is 12.8 Å². The van der Waals surface area contributed by atoms with Gasteiger partial charge in [0.05, 0.1) is 10.6 Å². The average Bonchev–Trinajstić information content (AvgIpc) is 2.39. The summed E-state index contributed by atoms with van der Waals surface area (Å²) in [5, 5.41) is 0.385. The van der Waals surface area contributed by atoms with Crippen molar-refractivity contribution in [2.24, 2.45) is 5.73 Å². The third-order valence-corrected chi connectivity index (χ3v) is 4.17. The molecule has 0 spiro atoms. The van der Waals surface area contributed by atoms with E-state index in [4.69, 9.17) is 17.3 Å². The summed E-state index contributed by atoms with van der Waals surface area (Å²) in [5.41, 5.74) is 6.21. The van der Waals surface area contributed by atoms with E-state index < -0.39 is 10.0 Å². The first-order chi connectivity index (χ1) is 9.00. The summed E-state index contributed by atoms with van der Waals surface area (Å²) in [6.07, 6.45) is 0. The number of hydrogen-bond donors (Lipinski definition) is 2. The highest BCUT2D eigenvalue weighted by atomic mass is 35.5. The number of nitrogen functional groups attached to an aromatic ring is 1. The molecule has 0 aliphatic heterocycles. The van der Waals surface area contributed by atoms with Crippen LogP contribution in [-0.4, -0.2) is 14.3 Å². The van der Waals surface area contributed by atoms with Crippen LogP contribution in [0.15, 0.2) is 59.5 Å². The van der Waals surface area contributed by atoms with Gasteiger partial charge in [0, 0.05) is 0 Å². The smallest absolute Gasteiger partial charge is 0.286 e. The summed E-state index contributed by atoms with van der Waals surface area (Å²) in [5.74, 6) is -0.00514. The van der Waals surface area contributed by atoms with Gasteiger partial charge in [-0.25, -0.2) is 0 Å². The van der Waals surface area contributed by atoms with Gasteiger partial charge in [-0.15, -0.1) is 0 Å². The van der Waals surface area contributed by atoms with Crippen LogP contribution in [-0.2, 0) is 10.0 Å². The number of hydrogen-bond acceptors (Lipinski definition) is 2. The topological polar surface area (TPSA) is 74.1 Å². The largest absolute Gasteiger partial charge is 0.328 e. The molecule has 0 fully saturated rings. The highest BCUT2D eigenvalue weighted by Crippen LogP contribution is 2.13. The fraction of sp³-hybridized carbons (Fsp3) is 0. The van der Waals surface area contributed by atoms with E-state index >= 15 is 0 Å². The van der Waals surface area contributed by atoms with E-state index in [-0.39, 0.29) is 10.7 Å². The van der Waals surface area contributed by atoms with E-state index in [1.54, 1.807) is 42.5 Å². The Morgan fingerprint density at radius 2 is 1.58 bits per heavy atom. The third kappa shape index (κ3) is 3.13. The molecule has 0 atom stereocenters. The van der Waals surface area contributed by atoms with Crippen molar-refractivity contribution in [3.05, 3.63) is 65.2 Å². The van der Waals surface area contributed by atoms with E-state index in [1.807, 2.05) is 0 Å². The molecule has 6 heteroatoms. The number of rotatable bonds is 3. The molecule has 4 nitrogen and oxygen atoms in total. The highest BCUT2D eigenvalue weighted by Gasteiger charge is 2.18. The Morgan fingerprint density at radius 3 is 2.21 bits per heavy atom. The lowest BCUT2D eigenvalue weighted by Crippen LogP contribution is -2.78. The van der Waals surface area contributed by atoms with Gasteiger partial charge in [-0.05, 0) is 24.3 Å². The number of amidine groups is 1. The SMILES string of the molecule is NC(=[NH+]S(=O)(=O)c1ccccc1)c1ccccc1Cl. The zero-order chi connectivity index (χ0) is 13.9. The second-order valence-corrected chi connectivity index (χ2v) is 5.90. The van der Waals surface area contributed by atoms with E-state index in [0.29, 0.717) is 10.6 Å². The highest BCUT2D eigenvalue weighted by molar-refractivity contribution is 7.84. The molecule has 0 saturated heterocycles. The summed E-state index contributed by atoms with van der Waals surface area (Å²) in [7, 11) is -3.70. The number of nitrogens with one attached hydrogen (secondary N) is 1. The maximum absolute atomic E-state index is 12.1. The first-order valence-electron chi connectivity index (χ1n) is 5.46. The Balaban J connectivity index is 2.45. The molecule has 0 heterocycles. The number of halogens is 1. The van der Waals surface area contributed by atoms with Gasteiger partial charge in [-0.1, -0.05) is 41.9 Å². The van der Waals surface area contributed by atoms with Crippen LogP contribution in [0.3, 0.4) is 0 Å². The lowest BCUT2D eigenvalue weighted by molar-refractivity contribution is -0.267. The molecular formula is C13H12ClN2O2S+. The normalized spacial score (nSPS) is 12.4. The zero-order valence-electron chi connectivity index (χ0n) is 9.88. The number of benzene rings is 2. The van der Waals surface area contributed by atoms with Crippen molar-refractivity contribution in [2.75, 3.05) is 0 Å². The van der Waals surface area contributed by atoms with Crippen LogP contribution in [0, 0.1) is 0 Å². The Hall–Kier alpha value is -1.85. The predicted octanol–water partition coefficient (Wildman–Crippen LogP) is 0.515. The Labute approximate surface area is 116 Å². The summed E-state index contributed by atoms with van der Waals surface area (Å²) in [6, 6.07) is 14.7. The second-order valence-electron chi connectivity index (χ2n) is 3.81. The quantitative estimate of drug-likeness (QED) is 0.640. The fourth-order valence-corrected chi connectivity index (χ4v) is 2.81. The molecule has 19 heavy (non-hydrogen) atoms. The summed E-state index contributed by atoms with van der Waals surface area (Å²) in [4.78, 5) is 0.144. The zero-order valence-corrected chi connectivity index (χ0v) is 11.4. The monoisotopic (exact) mass is 295 g/mol. The minimum absolute atomic E-state index is 0.00514. The van der Waals surface area contributed by atoms with Gasteiger partial charge < -0.3 is 0 Å². The lowest BCUT2D eigenvalue weighted by Gasteiger charge is -2.00. The lowest BCUT2D eigenvalue weighted by atomic mass is 10.2. The van der Waals surface area contributed by atoms with Gasteiger partial charge in [0.1, 0.15) is 4.90 Å². The van der Waals surface area contributed by atoms with Crippen molar-refractivity contribution in [1.29, 1.82) is 0 Å². The van der Waals surface area contributed by atoms with Crippen LogP contribution in [0.5, 0.6) is 0 Å². The molecule has 2 aromatic rings. The predicted molar refractivity (Wildman–Crippen MR) is 74.3 cm³/mol. The van der Waals surface area contributed by atoms with Gasteiger partial charge in [0.25, 0.3) is 5.84 Å². The second kappa shape index (κ2) is 5.42. The van der Waals surface area contributed by atoms with Crippen LogP contribution in [0.4, 0.5) is 0 Å². The van der Waals surface area contributed by atoms with Crippen LogP contribution in [0.2, 0.25) is 5.02 Å². The number of sulfonamides is 1. The molecule has 0 aromatic heterocycles. The van der Waals surface area contributed by atoms with Crippen molar-refractivity contribution in [3.63, 3.8) is 0 Å². The maximum Gasteiger partial charge on any atom is 0.328 e. The number of nitrogens with two attached hydrogens (primary N) is 1. The van der Waals surface area contributed by atoms with E-state index in [0.717, 1.165) is 0 Å². The van der Waals surface area contributed by atoms with Crippen molar-refractivity contribution in [2.45, 2.75) is 4.90 Å². The molecule has 98 valence electrons. The van der Waals surface area contributed by atoms with E-state index in [9.17, 15) is 8.42 Å². The molecule has 0 unspecified atom stereocenters. The Morgan fingerprint density at radius 1 is 1.00 bits per heavy atom. The maximum atomic E-state index is 12.1. The van der Waals surface area contributed by atoms with E-state index in [2.05, 4.69) is 4.40 Å². The van der Waals surface area contributed by atoms with Gasteiger partial charge in [0.2, 0.25) is 0 Å². The minimum atomic E-state index is -3.70. The van der Waals surface area contributed by atoms with Crippen LogP contribution in [0.25, 0.3) is 0 Å². The summed E-state index contributed by atoms with van der Waals surface area (Å²) in [6.45, 7) is 0. The molecule has 2 aromatic carbocycles. The average molecular weight is 296 g/mol. The van der Waals surface area contributed by atoms with Crippen LogP contribution < -0.4 is 10.1 Å².